The SMILES string of the molecule is CCC1CCCCN1C(=O)c1cncc(Nc2ccc(F)c(F)c2F)c1. The van der Waals surface area contributed by atoms with Crippen LogP contribution < -0.4 is 5.32 Å². The van der Waals surface area contributed by atoms with Gasteiger partial charge in [0.1, 0.15) is 0 Å². The largest absolute Gasteiger partial charge is 0.352 e. The van der Waals surface area contributed by atoms with Crippen molar-refractivity contribution in [3.63, 3.8) is 0 Å². The number of hydrogen-bond donors (Lipinski definition) is 1. The van der Waals surface area contributed by atoms with E-state index in [1.54, 1.807) is 0 Å². The number of carbonyl (C=O) groups excluding carboxylic acids is 1. The van der Waals surface area contributed by atoms with Crippen LogP contribution in [0.25, 0.3) is 0 Å². The molecule has 1 aromatic carbocycles. The van der Waals surface area contributed by atoms with Crippen LogP contribution >= 0.6 is 0 Å². The fourth-order valence-electron chi connectivity index (χ4n) is 3.26. The van der Waals surface area contributed by atoms with E-state index in [-0.39, 0.29) is 17.6 Å². The number of nitrogens with zero attached hydrogens (tertiary/aromatic N) is 2. The van der Waals surface area contributed by atoms with Gasteiger partial charge in [0, 0.05) is 18.8 Å². The Morgan fingerprint density at radius 1 is 1.23 bits per heavy atom. The number of anilines is 2. The van der Waals surface area contributed by atoms with Gasteiger partial charge in [0.15, 0.2) is 17.5 Å². The van der Waals surface area contributed by atoms with Crippen molar-refractivity contribution in [1.82, 2.24) is 9.88 Å². The molecule has 138 valence electrons. The summed E-state index contributed by atoms with van der Waals surface area (Å²) in [6.07, 6.45) is 6.79. The average molecular weight is 363 g/mol. The van der Waals surface area contributed by atoms with E-state index >= 15 is 0 Å². The highest BCUT2D eigenvalue weighted by Gasteiger charge is 2.26. The zero-order chi connectivity index (χ0) is 18.7. The molecule has 1 aromatic heterocycles. The molecule has 26 heavy (non-hydrogen) atoms. The summed E-state index contributed by atoms with van der Waals surface area (Å²) < 4.78 is 40.2. The minimum Gasteiger partial charge on any atom is -0.352 e. The number of halogens is 3. The highest BCUT2D eigenvalue weighted by atomic mass is 19.2. The molecular formula is C19H20F3N3O. The third kappa shape index (κ3) is 3.66. The number of aromatic nitrogens is 1. The van der Waals surface area contributed by atoms with Crippen LogP contribution in [0.4, 0.5) is 24.5 Å². The highest BCUT2D eigenvalue weighted by Crippen LogP contribution is 2.25. The zero-order valence-electron chi connectivity index (χ0n) is 14.4. The number of hydrogen-bond acceptors (Lipinski definition) is 3. The van der Waals surface area contributed by atoms with Crippen molar-refractivity contribution in [2.24, 2.45) is 0 Å². The van der Waals surface area contributed by atoms with Crippen LogP contribution in [0.5, 0.6) is 0 Å². The first-order chi connectivity index (χ1) is 12.5. The van der Waals surface area contributed by atoms with Crippen molar-refractivity contribution >= 4 is 17.3 Å². The summed E-state index contributed by atoms with van der Waals surface area (Å²) in [6, 6.07) is 3.68. The fourth-order valence-corrected chi connectivity index (χ4v) is 3.26. The van der Waals surface area contributed by atoms with Gasteiger partial charge in [0.25, 0.3) is 5.91 Å². The van der Waals surface area contributed by atoms with Crippen LogP contribution in [0, 0.1) is 17.5 Å². The van der Waals surface area contributed by atoms with Crippen molar-refractivity contribution in [3.8, 4) is 0 Å². The number of carbonyl (C=O) groups is 1. The maximum atomic E-state index is 13.8. The number of nitrogens with one attached hydrogen (secondary N) is 1. The fraction of sp³-hybridized carbons (Fsp3) is 0.368. The minimum atomic E-state index is -1.55. The molecule has 7 heteroatoms. The molecule has 1 saturated heterocycles. The van der Waals surface area contributed by atoms with Gasteiger partial charge in [-0.25, -0.2) is 13.2 Å². The van der Waals surface area contributed by atoms with Gasteiger partial charge in [-0.15, -0.1) is 0 Å². The molecule has 1 N–H and O–H groups in total. The van der Waals surface area contributed by atoms with Gasteiger partial charge in [-0.1, -0.05) is 6.92 Å². The lowest BCUT2D eigenvalue weighted by molar-refractivity contribution is 0.0607. The highest BCUT2D eigenvalue weighted by molar-refractivity contribution is 5.95. The van der Waals surface area contributed by atoms with E-state index in [1.807, 2.05) is 4.90 Å². The first-order valence-electron chi connectivity index (χ1n) is 8.67. The first-order valence-corrected chi connectivity index (χ1v) is 8.67. The summed E-state index contributed by atoms with van der Waals surface area (Å²) in [5.74, 6) is -4.25. The number of piperidine rings is 1. The van der Waals surface area contributed by atoms with E-state index in [9.17, 15) is 18.0 Å². The van der Waals surface area contributed by atoms with Gasteiger partial charge < -0.3 is 10.2 Å². The van der Waals surface area contributed by atoms with Crippen molar-refractivity contribution < 1.29 is 18.0 Å². The van der Waals surface area contributed by atoms with Crippen LogP contribution in [0.3, 0.4) is 0 Å². The average Bonchev–Trinajstić information content (AvgIpc) is 2.68. The zero-order valence-corrected chi connectivity index (χ0v) is 14.4. The Labute approximate surface area is 150 Å². The van der Waals surface area contributed by atoms with E-state index in [0.29, 0.717) is 17.8 Å². The molecule has 2 heterocycles. The van der Waals surface area contributed by atoms with Crippen LogP contribution in [0.1, 0.15) is 43.0 Å². The summed E-state index contributed by atoms with van der Waals surface area (Å²) in [4.78, 5) is 18.7. The lowest BCUT2D eigenvalue weighted by Gasteiger charge is -2.35. The third-order valence-corrected chi connectivity index (χ3v) is 4.66. The first kappa shape index (κ1) is 18.2. The molecule has 1 unspecified atom stereocenters. The summed E-state index contributed by atoms with van der Waals surface area (Å²) in [6.45, 7) is 2.76. The Hall–Kier alpha value is -2.57. The van der Waals surface area contributed by atoms with Crippen molar-refractivity contribution in [1.29, 1.82) is 0 Å². The van der Waals surface area contributed by atoms with E-state index in [2.05, 4.69) is 17.2 Å². The third-order valence-electron chi connectivity index (χ3n) is 4.66. The standard InChI is InChI=1S/C19H20F3N3O/c1-2-14-5-3-4-8-25(14)19(26)12-9-13(11-23-10-12)24-16-7-6-15(20)17(21)18(16)22/h6-7,9-11,14,24H,2-5,8H2,1H3. The van der Waals surface area contributed by atoms with E-state index in [4.69, 9.17) is 0 Å². The molecule has 3 rings (SSSR count). The minimum absolute atomic E-state index is 0.126. The predicted octanol–water partition coefficient (Wildman–Crippen LogP) is 4.65. The summed E-state index contributed by atoms with van der Waals surface area (Å²) in [7, 11) is 0. The Morgan fingerprint density at radius 2 is 2.04 bits per heavy atom. The smallest absolute Gasteiger partial charge is 0.255 e. The number of benzene rings is 1. The second-order valence-electron chi connectivity index (χ2n) is 6.37. The second-order valence-corrected chi connectivity index (χ2v) is 6.37. The van der Waals surface area contributed by atoms with Crippen molar-refractivity contribution in [2.75, 3.05) is 11.9 Å². The number of rotatable bonds is 4. The van der Waals surface area contributed by atoms with Crippen molar-refractivity contribution in [3.05, 3.63) is 53.6 Å². The summed E-state index contributed by atoms with van der Waals surface area (Å²) in [5.41, 5.74) is 0.476. The van der Waals surface area contributed by atoms with Gasteiger partial charge in [-0.05, 0) is 43.9 Å². The molecule has 0 saturated carbocycles. The lowest BCUT2D eigenvalue weighted by atomic mass is 9.99. The molecule has 0 radical (unpaired) electrons. The van der Waals surface area contributed by atoms with Crippen molar-refractivity contribution in [2.45, 2.75) is 38.6 Å². The molecule has 1 fully saturated rings. The van der Waals surface area contributed by atoms with E-state index in [1.165, 1.54) is 18.5 Å². The molecule has 0 spiro atoms. The Kier molecular flexibility index (Phi) is 5.44. The number of likely N-dealkylation sites (tertiary alicyclic amines) is 1. The molecule has 0 aliphatic carbocycles. The van der Waals surface area contributed by atoms with Crippen LogP contribution in [0.2, 0.25) is 0 Å². The molecule has 1 aliphatic heterocycles. The van der Waals surface area contributed by atoms with Crippen LogP contribution in [-0.2, 0) is 0 Å². The normalized spacial score (nSPS) is 17.2. The Balaban J connectivity index is 1.82. The topological polar surface area (TPSA) is 45.2 Å². The van der Waals surface area contributed by atoms with Gasteiger partial charge in [-0.3, -0.25) is 9.78 Å². The maximum absolute atomic E-state index is 13.8. The van der Waals surface area contributed by atoms with Gasteiger partial charge >= 0.3 is 0 Å². The predicted molar refractivity (Wildman–Crippen MR) is 92.8 cm³/mol. The Bertz CT molecular complexity index is 813. The monoisotopic (exact) mass is 363 g/mol. The molecule has 1 amide bonds. The summed E-state index contributed by atoms with van der Waals surface area (Å²) in [5, 5.41) is 2.65. The van der Waals surface area contributed by atoms with Crippen LogP contribution in [0.15, 0.2) is 30.6 Å². The number of pyridine rings is 1. The molecule has 1 atom stereocenters. The summed E-state index contributed by atoms with van der Waals surface area (Å²) >= 11 is 0. The second kappa shape index (κ2) is 7.76. The van der Waals surface area contributed by atoms with Gasteiger partial charge in [-0.2, -0.15) is 0 Å². The Morgan fingerprint density at radius 3 is 2.81 bits per heavy atom. The molecule has 2 aromatic rings. The molecular weight excluding hydrogens is 343 g/mol. The van der Waals surface area contributed by atoms with Gasteiger partial charge in [0.2, 0.25) is 0 Å². The maximum Gasteiger partial charge on any atom is 0.255 e. The van der Waals surface area contributed by atoms with Gasteiger partial charge in [0.05, 0.1) is 23.1 Å². The quantitative estimate of drug-likeness (QED) is 0.805. The molecule has 4 nitrogen and oxygen atoms in total. The van der Waals surface area contributed by atoms with Crippen LogP contribution in [-0.4, -0.2) is 28.4 Å². The van der Waals surface area contributed by atoms with E-state index in [0.717, 1.165) is 37.8 Å². The molecule has 0 bridgehead atoms. The van der Waals surface area contributed by atoms with E-state index < -0.39 is 17.5 Å². The lowest BCUT2D eigenvalue weighted by Crippen LogP contribution is -2.43. The molecule has 1 aliphatic rings. The number of amides is 1.